The van der Waals surface area contributed by atoms with Gasteiger partial charge in [-0.25, -0.2) is 0 Å². The van der Waals surface area contributed by atoms with Crippen molar-refractivity contribution in [3.63, 3.8) is 0 Å². The fourth-order valence-electron chi connectivity index (χ4n) is 6.84. The number of primary amides is 1. The average Bonchev–Trinajstić information content (AvgIpc) is 2.92. The highest BCUT2D eigenvalue weighted by Crippen LogP contribution is 2.54. The number of nitroso groups, excluding NO2 is 1. The first kappa shape index (κ1) is 28.1. The number of Topliss-reactive ketones (excluding diaryl/α,β-unsaturated/α-hetero) is 2. The Labute approximate surface area is 234 Å². The molecule has 1 amide bonds. The molecule has 0 aromatic heterocycles. The van der Waals surface area contributed by atoms with E-state index in [1.54, 1.807) is 32.3 Å². The number of benzene rings is 2. The van der Waals surface area contributed by atoms with E-state index in [0.29, 0.717) is 35.0 Å². The predicted octanol–water partition coefficient (Wildman–Crippen LogP) is 2.37. The Morgan fingerprint density at radius 1 is 1.17 bits per heavy atom. The number of nitrogens with two attached hydrogens (primary N) is 1. The zero-order chi connectivity index (χ0) is 30.0. The molecule has 0 radical (unpaired) electrons. The first-order valence-electron chi connectivity index (χ1n) is 13.1. The lowest BCUT2D eigenvalue weighted by Crippen LogP contribution is -2.62. The second-order valence-electron chi connectivity index (χ2n) is 10.9. The first-order chi connectivity index (χ1) is 19.4. The van der Waals surface area contributed by atoms with Crippen molar-refractivity contribution in [2.24, 2.45) is 22.7 Å². The largest absolute Gasteiger partial charge is 0.508 e. The topological polar surface area (TPSA) is 188 Å². The van der Waals surface area contributed by atoms with Gasteiger partial charge >= 0.3 is 0 Å². The van der Waals surface area contributed by atoms with Crippen LogP contribution in [0, 0.1) is 16.7 Å². The van der Waals surface area contributed by atoms with Crippen LogP contribution in [0.1, 0.15) is 45.2 Å². The quantitative estimate of drug-likeness (QED) is 0.234. The predicted molar refractivity (Wildman–Crippen MR) is 147 cm³/mol. The van der Waals surface area contributed by atoms with E-state index in [9.17, 15) is 39.4 Å². The van der Waals surface area contributed by atoms with E-state index in [-0.39, 0.29) is 29.7 Å². The Morgan fingerprint density at radius 2 is 1.88 bits per heavy atom. The van der Waals surface area contributed by atoms with E-state index in [1.807, 2.05) is 13.0 Å². The highest BCUT2D eigenvalue weighted by molar-refractivity contribution is 6.22. The molecule has 0 aliphatic heterocycles. The Morgan fingerprint density at radius 3 is 2.46 bits per heavy atom. The van der Waals surface area contributed by atoms with Crippen LogP contribution in [0.2, 0.25) is 0 Å². The zero-order valence-corrected chi connectivity index (χ0v) is 22.7. The van der Waals surface area contributed by atoms with Crippen molar-refractivity contribution < 1.29 is 34.5 Å². The standard InChI is InChI=1S/C30H29N3O8/c1-4-14-6-5-13(12-34)9-17(14)16-7-8-20(35)22-18(16)10-15-11-19-24(33(2)3)26(37)23(29(31)39)28(38)30(19,40)27(32-41)21(15)25(22)36/h5-9,12,15,19,24,35,38,40H,4,10-11H2,1-3H3,(H2,31,39)/t15-,19-,24-,30-/m0/s1. The molecule has 0 unspecified atom stereocenters. The lowest BCUT2D eigenvalue weighted by molar-refractivity contribution is -0.134. The third-order valence-corrected chi connectivity index (χ3v) is 8.64. The van der Waals surface area contributed by atoms with Crippen LogP contribution in [0.15, 0.2) is 58.1 Å². The molecule has 5 rings (SSSR count). The minimum Gasteiger partial charge on any atom is -0.508 e. The zero-order valence-electron chi connectivity index (χ0n) is 22.7. The summed E-state index contributed by atoms with van der Waals surface area (Å²) in [6, 6.07) is 7.07. The molecular weight excluding hydrogens is 530 g/mol. The van der Waals surface area contributed by atoms with Gasteiger partial charge in [-0.05, 0) is 78.8 Å². The molecular formula is C30H29N3O8. The summed E-state index contributed by atoms with van der Waals surface area (Å²) < 4.78 is 0. The van der Waals surface area contributed by atoms with Gasteiger partial charge in [-0.1, -0.05) is 25.1 Å². The second-order valence-corrected chi connectivity index (χ2v) is 10.9. The molecule has 2 aromatic carbocycles. The number of hydrogen-bond donors (Lipinski definition) is 4. The van der Waals surface area contributed by atoms with Gasteiger partial charge in [0, 0.05) is 17.1 Å². The van der Waals surface area contributed by atoms with Gasteiger partial charge in [-0.2, -0.15) is 0 Å². The highest BCUT2D eigenvalue weighted by atomic mass is 16.3. The SMILES string of the molecule is CCc1ccc(C=O)cc1-c1ccc(O)c2c1C[C@H]1C[C@H]3[C@H](N(C)C)C(=O)C(C(N)=O)=C(O)[C@@]3(O)C(N=O)=C1C2=O. The summed E-state index contributed by atoms with van der Waals surface area (Å²) in [6.07, 6.45) is 1.43. The second kappa shape index (κ2) is 9.86. The lowest BCUT2D eigenvalue weighted by atomic mass is 9.58. The maximum absolute atomic E-state index is 14.1. The number of rotatable bonds is 6. The summed E-state index contributed by atoms with van der Waals surface area (Å²) >= 11 is 0. The summed E-state index contributed by atoms with van der Waals surface area (Å²) in [5.74, 6) is -6.24. The number of aldehydes is 1. The number of allylic oxidation sites excluding steroid dienone is 1. The molecule has 41 heavy (non-hydrogen) atoms. The van der Waals surface area contributed by atoms with Crippen LogP contribution >= 0.6 is 0 Å². The molecule has 3 aliphatic carbocycles. The number of fused-ring (bicyclic) bond motifs is 3. The van der Waals surface area contributed by atoms with Gasteiger partial charge in [-0.3, -0.25) is 24.1 Å². The van der Waals surface area contributed by atoms with Crippen molar-refractivity contribution in [1.29, 1.82) is 0 Å². The number of likely N-dealkylation sites (N-methyl/N-ethyl adjacent to an activating group) is 1. The highest BCUT2D eigenvalue weighted by Gasteiger charge is 2.62. The van der Waals surface area contributed by atoms with Gasteiger partial charge in [0.05, 0.1) is 11.6 Å². The van der Waals surface area contributed by atoms with Crippen molar-refractivity contribution in [2.45, 2.75) is 37.8 Å². The molecule has 0 fully saturated rings. The Kier molecular flexibility index (Phi) is 6.75. The molecule has 0 spiro atoms. The first-order valence-corrected chi connectivity index (χ1v) is 13.1. The number of hydrogen-bond acceptors (Lipinski definition) is 10. The lowest BCUT2D eigenvalue weighted by Gasteiger charge is -2.50. The molecule has 0 bridgehead atoms. The normalized spacial score (nSPS) is 25.5. The van der Waals surface area contributed by atoms with Crippen molar-refractivity contribution in [3.05, 3.63) is 80.1 Å². The van der Waals surface area contributed by atoms with Crippen LogP contribution in [-0.4, -0.2) is 69.7 Å². The van der Waals surface area contributed by atoms with Crippen LogP contribution in [0.5, 0.6) is 5.75 Å². The molecule has 11 heteroatoms. The van der Waals surface area contributed by atoms with E-state index in [1.165, 1.54) is 11.0 Å². The number of carbonyl (C=O) groups is 4. The van der Waals surface area contributed by atoms with E-state index in [2.05, 4.69) is 5.18 Å². The van der Waals surface area contributed by atoms with E-state index >= 15 is 0 Å². The van der Waals surface area contributed by atoms with E-state index in [4.69, 9.17) is 5.73 Å². The number of phenolic OH excluding ortho intramolecular Hbond substituents is 1. The number of ketones is 2. The Bertz CT molecular complexity index is 1620. The molecule has 0 saturated carbocycles. The van der Waals surface area contributed by atoms with Gasteiger partial charge in [0.1, 0.15) is 29.1 Å². The number of aliphatic hydroxyl groups excluding tert-OH is 1. The van der Waals surface area contributed by atoms with E-state index < -0.39 is 58.0 Å². The number of nitrogens with zero attached hydrogens (tertiary/aromatic N) is 2. The van der Waals surface area contributed by atoms with Crippen LogP contribution in [0.25, 0.3) is 11.1 Å². The van der Waals surface area contributed by atoms with Crippen molar-refractivity contribution in [1.82, 2.24) is 4.90 Å². The summed E-state index contributed by atoms with van der Waals surface area (Å²) in [5.41, 5.74) is 4.01. The molecule has 4 atom stereocenters. The molecule has 0 heterocycles. The monoisotopic (exact) mass is 559 g/mol. The van der Waals surface area contributed by atoms with Gasteiger partial charge in [0.25, 0.3) is 5.91 Å². The average molecular weight is 560 g/mol. The van der Waals surface area contributed by atoms with Crippen LogP contribution in [0.4, 0.5) is 0 Å². The maximum Gasteiger partial charge on any atom is 0.255 e. The maximum atomic E-state index is 14.1. The number of amides is 1. The summed E-state index contributed by atoms with van der Waals surface area (Å²) in [7, 11) is 3.09. The Balaban J connectivity index is 1.80. The van der Waals surface area contributed by atoms with Gasteiger partial charge in [0.2, 0.25) is 0 Å². The van der Waals surface area contributed by atoms with Crippen LogP contribution in [-0.2, 0) is 22.4 Å². The fourth-order valence-corrected chi connectivity index (χ4v) is 6.84. The summed E-state index contributed by atoms with van der Waals surface area (Å²) in [5, 5.41) is 36.8. The van der Waals surface area contributed by atoms with Crippen LogP contribution < -0.4 is 5.73 Å². The summed E-state index contributed by atoms with van der Waals surface area (Å²) in [4.78, 5) is 65.0. The smallest absolute Gasteiger partial charge is 0.255 e. The van der Waals surface area contributed by atoms with Crippen LogP contribution in [0.3, 0.4) is 0 Å². The van der Waals surface area contributed by atoms with Gasteiger partial charge in [-0.15, -0.1) is 4.91 Å². The third kappa shape index (κ3) is 3.87. The molecule has 0 saturated heterocycles. The van der Waals surface area contributed by atoms with E-state index in [0.717, 1.165) is 5.56 Å². The number of aliphatic hydroxyl groups is 2. The molecule has 3 aliphatic rings. The molecule has 11 nitrogen and oxygen atoms in total. The van der Waals surface area contributed by atoms with Crippen molar-refractivity contribution in [2.75, 3.05) is 14.1 Å². The number of aryl methyl sites for hydroxylation is 1. The third-order valence-electron chi connectivity index (χ3n) is 8.64. The molecule has 2 aromatic rings. The van der Waals surface area contributed by atoms with Crippen molar-refractivity contribution >= 4 is 23.8 Å². The van der Waals surface area contributed by atoms with Gasteiger partial charge in [0.15, 0.2) is 17.2 Å². The minimum atomic E-state index is -2.64. The minimum absolute atomic E-state index is 0.0369. The summed E-state index contributed by atoms with van der Waals surface area (Å²) in [6.45, 7) is 1.95. The molecule has 212 valence electrons. The molecule has 5 N–H and O–H groups in total. The number of aromatic hydroxyl groups is 1. The number of carbonyl (C=O) groups excluding carboxylic acids is 4. The van der Waals surface area contributed by atoms with Crippen molar-refractivity contribution in [3.8, 4) is 16.9 Å². The van der Waals surface area contributed by atoms with Gasteiger partial charge < -0.3 is 21.1 Å². The fraction of sp³-hybridized carbons (Fsp3) is 0.333. The Hall–Kier alpha value is -4.48. The number of phenols is 1.